The molecule has 3 rings (SSSR count). The molecule has 0 fully saturated rings. The van der Waals surface area contributed by atoms with Gasteiger partial charge in [0, 0.05) is 19.3 Å². The van der Waals surface area contributed by atoms with Gasteiger partial charge in [-0.15, -0.1) is 11.3 Å². The summed E-state index contributed by atoms with van der Waals surface area (Å²) in [7, 11) is 0. The van der Waals surface area contributed by atoms with Crippen LogP contribution >= 0.6 is 11.3 Å². The van der Waals surface area contributed by atoms with Crippen molar-refractivity contribution >= 4 is 28.1 Å². The van der Waals surface area contributed by atoms with Gasteiger partial charge in [-0.1, -0.05) is 48.3 Å². The van der Waals surface area contributed by atoms with E-state index in [0.29, 0.717) is 0 Å². The number of hydrogen-bond acceptors (Lipinski definition) is 5. The van der Waals surface area contributed by atoms with Crippen molar-refractivity contribution in [3.05, 3.63) is 76.2 Å². The number of carbonyl (C=O) groups excluding carboxylic acids is 1. The Morgan fingerprint density at radius 2 is 2.14 bits per heavy atom. The first-order valence-electron chi connectivity index (χ1n) is 14.2. The Hall–Kier alpha value is -2.70. The predicted molar refractivity (Wildman–Crippen MR) is 119 cm³/mol. The highest BCUT2D eigenvalue weighted by molar-refractivity contribution is 7.13. The van der Waals surface area contributed by atoms with Crippen molar-refractivity contribution in [3.63, 3.8) is 0 Å². The summed E-state index contributed by atoms with van der Waals surface area (Å²) in [5, 5.41) is 12.7. The van der Waals surface area contributed by atoms with E-state index in [-0.39, 0.29) is 33.3 Å². The maximum atomic E-state index is 12.5. The molecule has 1 aromatic heterocycles. The van der Waals surface area contributed by atoms with Crippen molar-refractivity contribution in [1.82, 2.24) is 4.98 Å². The van der Waals surface area contributed by atoms with Gasteiger partial charge in [0.2, 0.25) is 5.91 Å². The first-order chi connectivity index (χ1) is 18.3. The number of rotatable bonds is 9. The van der Waals surface area contributed by atoms with Crippen LogP contribution in [-0.4, -0.2) is 16.0 Å². The average molecular weight is 421 g/mol. The first kappa shape index (κ1) is 10.9. The standard InChI is InChI=1S/C23H27N3O2S/c1-16-5-4-7-18(13-16)21(27)8-3-2-6-17-9-11-19(12-10-17)25-22(28)14-20-15-29-23(24)26-20/h4-5,7,9-13,15,21,27H,2-3,6,8,14H2,1H3,(H2,24,26)(H,25,28)/t21-/m0/s1/i4D,5D,6D2,7D,8D2,13D,14D2,15D. The summed E-state index contributed by atoms with van der Waals surface area (Å²) < 4.78 is 89.2. The highest BCUT2D eigenvalue weighted by Crippen LogP contribution is 2.21. The lowest BCUT2D eigenvalue weighted by Gasteiger charge is -2.11. The molecule has 0 bridgehead atoms. The Bertz CT molecular complexity index is 1400. The van der Waals surface area contributed by atoms with Gasteiger partial charge in [0.15, 0.2) is 5.13 Å². The van der Waals surface area contributed by atoms with E-state index in [4.69, 9.17) is 20.8 Å². The summed E-state index contributed by atoms with van der Waals surface area (Å²) >= 11 is 0.729. The Morgan fingerprint density at radius 1 is 1.34 bits per heavy atom. The van der Waals surface area contributed by atoms with Crippen LogP contribution in [-0.2, 0) is 17.5 Å². The molecule has 29 heavy (non-hydrogen) atoms. The molecule has 1 amide bonds. The van der Waals surface area contributed by atoms with Crippen LogP contribution in [0.4, 0.5) is 10.8 Å². The molecule has 0 unspecified atom stereocenters. The van der Waals surface area contributed by atoms with Gasteiger partial charge in [-0.05, 0) is 49.4 Å². The smallest absolute Gasteiger partial charge is 0.230 e. The molecule has 4 N–H and O–H groups in total. The normalized spacial score (nSPS) is 18.9. The van der Waals surface area contributed by atoms with Crippen molar-refractivity contribution in [2.45, 2.75) is 45.0 Å². The zero-order valence-electron chi connectivity index (χ0n) is 26.6. The highest BCUT2D eigenvalue weighted by atomic mass is 32.1. The predicted octanol–water partition coefficient (Wildman–Crippen LogP) is 4.66. The van der Waals surface area contributed by atoms with Gasteiger partial charge in [-0.25, -0.2) is 4.98 Å². The Balaban J connectivity index is 1.73. The summed E-state index contributed by atoms with van der Waals surface area (Å²) in [4.78, 5) is 16.3. The van der Waals surface area contributed by atoms with Crippen molar-refractivity contribution in [1.29, 1.82) is 0 Å². The molecule has 0 saturated heterocycles. The van der Waals surface area contributed by atoms with Crippen LogP contribution in [0.5, 0.6) is 0 Å². The van der Waals surface area contributed by atoms with Gasteiger partial charge < -0.3 is 16.2 Å². The second-order valence-corrected chi connectivity index (χ2v) is 6.81. The third kappa shape index (κ3) is 6.69. The van der Waals surface area contributed by atoms with Crippen LogP contribution in [0.25, 0.3) is 0 Å². The van der Waals surface area contributed by atoms with Gasteiger partial charge in [0.05, 0.1) is 25.0 Å². The minimum Gasteiger partial charge on any atom is -0.388 e. The van der Waals surface area contributed by atoms with E-state index in [1.807, 2.05) is 0 Å². The lowest BCUT2D eigenvalue weighted by Crippen LogP contribution is -2.14. The van der Waals surface area contributed by atoms with Crippen molar-refractivity contribution in [2.75, 3.05) is 11.1 Å². The molecule has 6 heteroatoms. The lowest BCUT2D eigenvalue weighted by molar-refractivity contribution is -0.115. The van der Waals surface area contributed by atoms with Crippen LogP contribution in [0.3, 0.4) is 0 Å². The number of anilines is 2. The zero-order valence-corrected chi connectivity index (χ0v) is 16.4. The number of aryl methyl sites for hydroxylation is 1. The number of aromatic nitrogens is 1. The molecule has 0 radical (unpaired) electrons. The Labute approximate surface area is 191 Å². The SMILES string of the molecule is [2H]c1sc(N)nc1C([2H])([2H])C(=O)Nc1ccc(C([2H])([2H])CCC([2H])([2H])[C@H](O)c2c([2H])c([2H])c([2H])c(C)c2[2H])cc1. The number of aliphatic hydroxyl groups excluding tert-OH is 1. The number of nitrogen functional groups attached to an aromatic ring is 1. The maximum absolute atomic E-state index is 12.5. The zero-order chi connectivity index (χ0) is 30.4. The summed E-state index contributed by atoms with van der Waals surface area (Å²) in [6.45, 7) is 1.37. The van der Waals surface area contributed by atoms with E-state index in [9.17, 15) is 9.90 Å². The number of hydrogen-bond donors (Lipinski definition) is 3. The van der Waals surface area contributed by atoms with Crippen molar-refractivity contribution in [2.24, 2.45) is 0 Å². The number of amides is 1. The van der Waals surface area contributed by atoms with E-state index < -0.39 is 73.4 Å². The van der Waals surface area contributed by atoms with Gasteiger partial charge >= 0.3 is 0 Å². The minimum atomic E-state index is -2.65. The topological polar surface area (TPSA) is 88.2 Å². The number of benzene rings is 2. The van der Waals surface area contributed by atoms with E-state index in [1.165, 1.54) is 31.2 Å². The molecule has 5 nitrogen and oxygen atoms in total. The third-order valence-corrected chi connectivity index (χ3v) is 4.28. The van der Waals surface area contributed by atoms with Gasteiger partial charge in [0.25, 0.3) is 0 Å². The lowest BCUT2D eigenvalue weighted by atomic mass is 10.00. The molecule has 0 aliphatic heterocycles. The van der Waals surface area contributed by atoms with Crippen LogP contribution in [0.2, 0.25) is 0 Å². The van der Waals surface area contributed by atoms with Gasteiger partial charge in [-0.3, -0.25) is 4.79 Å². The number of nitrogens with zero attached hydrogens (tertiary/aromatic N) is 1. The molecule has 1 heterocycles. The summed E-state index contributed by atoms with van der Waals surface area (Å²) in [6.07, 6.45) is -10.2. The van der Waals surface area contributed by atoms with Crippen LogP contribution in [0.15, 0.2) is 53.8 Å². The van der Waals surface area contributed by atoms with Crippen molar-refractivity contribution < 1.29 is 25.0 Å². The van der Waals surface area contributed by atoms with Crippen molar-refractivity contribution in [3.8, 4) is 0 Å². The molecular formula is C23H27N3O2S. The molecule has 2 aromatic carbocycles. The quantitative estimate of drug-likeness (QED) is 0.470. The number of carbonyl (C=O) groups is 1. The largest absolute Gasteiger partial charge is 0.388 e. The number of thiazole rings is 1. The minimum absolute atomic E-state index is 0.0253. The number of nitrogens with one attached hydrogen (secondary N) is 1. The Kier molecular flexibility index (Phi) is 3.83. The van der Waals surface area contributed by atoms with E-state index in [1.54, 1.807) is 0 Å². The Morgan fingerprint density at radius 3 is 2.86 bits per heavy atom. The monoisotopic (exact) mass is 420 g/mol. The summed E-state index contributed by atoms with van der Waals surface area (Å²) in [5.41, 5.74) is 4.93. The second-order valence-electron chi connectivity index (χ2n) is 5.98. The van der Waals surface area contributed by atoms with Gasteiger partial charge in [-0.2, -0.15) is 0 Å². The van der Waals surface area contributed by atoms with Crippen LogP contribution in [0.1, 0.15) is 62.8 Å². The fraction of sp³-hybridized carbons (Fsp3) is 0.304. The van der Waals surface area contributed by atoms with Crippen LogP contribution in [0, 0.1) is 6.92 Å². The van der Waals surface area contributed by atoms with E-state index >= 15 is 0 Å². The fourth-order valence-electron chi connectivity index (χ4n) is 2.36. The molecule has 0 aliphatic carbocycles. The van der Waals surface area contributed by atoms with E-state index in [2.05, 4.69) is 10.3 Å². The summed E-state index contributed by atoms with van der Waals surface area (Å²) in [6, 6.07) is 3.41. The average Bonchev–Trinajstić information content (AvgIpc) is 3.24. The summed E-state index contributed by atoms with van der Waals surface area (Å²) in [5.74, 6) is -1.10. The third-order valence-electron chi connectivity index (χ3n) is 3.68. The number of nitrogens with two attached hydrogens (primary N) is 1. The van der Waals surface area contributed by atoms with E-state index in [0.717, 1.165) is 11.3 Å². The van der Waals surface area contributed by atoms with Crippen LogP contribution < -0.4 is 11.1 Å². The molecule has 1 atom stereocenters. The molecule has 0 saturated carbocycles. The van der Waals surface area contributed by atoms with Gasteiger partial charge in [0.1, 0.15) is 0 Å². The second kappa shape index (κ2) is 10.2. The molecule has 0 spiro atoms. The maximum Gasteiger partial charge on any atom is 0.230 e. The highest BCUT2D eigenvalue weighted by Gasteiger charge is 2.08. The number of aliphatic hydroxyl groups is 1. The molecule has 0 aliphatic rings. The molecule has 152 valence electrons. The molecule has 3 aromatic rings. The molecular weight excluding hydrogens is 382 g/mol. The fourth-order valence-corrected chi connectivity index (χ4v) is 2.80. The first-order valence-corrected chi connectivity index (χ1v) is 9.53.